The van der Waals surface area contributed by atoms with Crippen molar-refractivity contribution >= 4 is 17.5 Å². The van der Waals surface area contributed by atoms with Crippen LogP contribution in [0.25, 0.3) is 0 Å². The molecule has 0 radical (unpaired) electrons. The van der Waals surface area contributed by atoms with E-state index in [0.717, 1.165) is 0 Å². The van der Waals surface area contributed by atoms with Crippen LogP contribution in [0.5, 0.6) is 0 Å². The van der Waals surface area contributed by atoms with E-state index in [2.05, 4.69) is 0 Å². The van der Waals surface area contributed by atoms with E-state index in [1.165, 1.54) is 12.2 Å². The van der Waals surface area contributed by atoms with E-state index in [4.69, 9.17) is 9.47 Å². The van der Waals surface area contributed by atoms with E-state index in [9.17, 15) is 14.4 Å². The summed E-state index contributed by atoms with van der Waals surface area (Å²) < 4.78 is 10.6. The van der Waals surface area contributed by atoms with Crippen molar-refractivity contribution in [3.63, 3.8) is 0 Å². The van der Waals surface area contributed by atoms with Crippen molar-refractivity contribution in [3.05, 3.63) is 23.3 Å². The van der Waals surface area contributed by atoms with Crippen LogP contribution in [0.1, 0.15) is 13.3 Å². The summed E-state index contributed by atoms with van der Waals surface area (Å²) in [6.07, 6.45) is 0.967. The Bertz CT molecular complexity index is 499. The number of carbonyl (C=O) groups is 3. The fourth-order valence-corrected chi connectivity index (χ4v) is 2.54. The number of rotatable bonds is 0. The van der Waals surface area contributed by atoms with Crippen molar-refractivity contribution in [3.8, 4) is 0 Å². The first-order valence-electron chi connectivity index (χ1n) is 5.43. The molecule has 0 bridgehead atoms. The molecule has 3 atom stereocenters. The second kappa shape index (κ2) is 3.37. The Hall–Kier alpha value is -1.75. The van der Waals surface area contributed by atoms with Crippen LogP contribution in [0.3, 0.4) is 0 Å². The molecular weight excluding hydrogens is 224 g/mol. The van der Waals surface area contributed by atoms with Gasteiger partial charge < -0.3 is 9.47 Å². The van der Waals surface area contributed by atoms with Crippen LogP contribution in [0.2, 0.25) is 0 Å². The lowest BCUT2D eigenvalue weighted by molar-refractivity contribution is -0.141. The van der Waals surface area contributed by atoms with Crippen molar-refractivity contribution in [2.24, 2.45) is 0 Å². The van der Waals surface area contributed by atoms with E-state index in [0.29, 0.717) is 11.1 Å². The maximum absolute atomic E-state index is 11.8. The van der Waals surface area contributed by atoms with Crippen LogP contribution < -0.4 is 0 Å². The first-order chi connectivity index (χ1) is 8.08. The van der Waals surface area contributed by atoms with Crippen LogP contribution in [-0.4, -0.2) is 35.8 Å². The van der Waals surface area contributed by atoms with Gasteiger partial charge in [0.15, 0.2) is 17.7 Å². The lowest BCUT2D eigenvalue weighted by atomic mass is 9.84. The number of hydrogen-bond donors (Lipinski definition) is 0. The average molecular weight is 234 g/mol. The van der Waals surface area contributed by atoms with Gasteiger partial charge >= 0.3 is 5.97 Å². The highest BCUT2D eigenvalue weighted by Gasteiger charge is 2.48. The van der Waals surface area contributed by atoms with E-state index in [-0.39, 0.29) is 18.0 Å². The lowest BCUT2D eigenvalue weighted by Gasteiger charge is -2.32. The van der Waals surface area contributed by atoms with Gasteiger partial charge in [-0.1, -0.05) is 0 Å². The third-order valence-electron chi connectivity index (χ3n) is 3.24. The minimum Gasteiger partial charge on any atom is -0.454 e. The van der Waals surface area contributed by atoms with E-state index < -0.39 is 24.3 Å². The van der Waals surface area contributed by atoms with Gasteiger partial charge in [-0.05, 0) is 19.1 Å². The summed E-state index contributed by atoms with van der Waals surface area (Å²) in [5, 5.41) is 0. The Kier molecular flexibility index (Phi) is 2.06. The first kappa shape index (κ1) is 10.4. The van der Waals surface area contributed by atoms with Crippen molar-refractivity contribution in [1.82, 2.24) is 0 Å². The Morgan fingerprint density at radius 2 is 1.76 bits per heavy atom. The third kappa shape index (κ3) is 1.39. The average Bonchev–Trinajstić information content (AvgIpc) is 2.62. The molecule has 0 unspecified atom stereocenters. The van der Waals surface area contributed by atoms with Crippen LogP contribution in [0.4, 0.5) is 0 Å². The maximum atomic E-state index is 11.8. The van der Waals surface area contributed by atoms with Gasteiger partial charge in [0.2, 0.25) is 0 Å². The van der Waals surface area contributed by atoms with Gasteiger partial charge in [-0.15, -0.1) is 0 Å². The summed E-state index contributed by atoms with van der Waals surface area (Å²) in [5.41, 5.74) is 0.626. The SMILES string of the molecule is C[C@@H]1O[C@@H]2CC(=O)O[C@@H]2C2=C1C(=O)C=CC2=O. The molecule has 2 aliphatic heterocycles. The van der Waals surface area contributed by atoms with Crippen LogP contribution >= 0.6 is 0 Å². The van der Waals surface area contributed by atoms with Gasteiger partial charge in [0.1, 0.15) is 6.10 Å². The molecule has 1 saturated heterocycles. The molecule has 3 rings (SSSR count). The lowest BCUT2D eigenvalue weighted by Crippen LogP contribution is -2.42. The molecule has 88 valence electrons. The largest absolute Gasteiger partial charge is 0.454 e. The van der Waals surface area contributed by atoms with Gasteiger partial charge in [0, 0.05) is 5.57 Å². The normalized spacial score (nSPS) is 35.8. The molecule has 0 amide bonds. The summed E-state index contributed by atoms with van der Waals surface area (Å²) in [4.78, 5) is 34.8. The number of fused-ring (bicyclic) bond motifs is 2. The van der Waals surface area contributed by atoms with Crippen LogP contribution in [-0.2, 0) is 23.9 Å². The molecule has 0 aromatic rings. The summed E-state index contributed by atoms with van der Waals surface area (Å²) in [7, 11) is 0. The monoisotopic (exact) mass is 234 g/mol. The van der Waals surface area contributed by atoms with Crippen molar-refractivity contribution in [2.75, 3.05) is 0 Å². The molecule has 0 spiro atoms. The standard InChI is InChI=1S/C12H10O5/c1-5-10-6(13)2-3-7(14)11(10)12-8(16-5)4-9(15)17-12/h2-3,5,8,12H,4H2,1H3/t5-,8+,12-/m0/s1. The Balaban J connectivity index is 2.12. The topological polar surface area (TPSA) is 69.7 Å². The molecule has 5 heteroatoms. The zero-order valence-electron chi connectivity index (χ0n) is 9.14. The third-order valence-corrected chi connectivity index (χ3v) is 3.24. The zero-order valence-corrected chi connectivity index (χ0v) is 9.14. The molecule has 2 heterocycles. The number of carbonyl (C=O) groups excluding carboxylic acids is 3. The number of allylic oxidation sites excluding steroid dienone is 2. The van der Waals surface area contributed by atoms with Crippen molar-refractivity contribution in [2.45, 2.75) is 31.7 Å². The minimum absolute atomic E-state index is 0.136. The van der Waals surface area contributed by atoms with E-state index in [1.807, 2.05) is 0 Å². The quantitative estimate of drug-likeness (QED) is 0.439. The summed E-state index contributed by atoms with van der Waals surface area (Å²) >= 11 is 0. The number of esters is 1. The van der Waals surface area contributed by atoms with Crippen molar-refractivity contribution in [1.29, 1.82) is 0 Å². The first-order valence-corrected chi connectivity index (χ1v) is 5.43. The van der Waals surface area contributed by atoms with E-state index in [1.54, 1.807) is 6.92 Å². The minimum atomic E-state index is -0.713. The highest BCUT2D eigenvalue weighted by molar-refractivity contribution is 6.21. The van der Waals surface area contributed by atoms with Crippen molar-refractivity contribution < 1.29 is 23.9 Å². The molecule has 1 fully saturated rings. The molecule has 5 nitrogen and oxygen atoms in total. The Morgan fingerprint density at radius 1 is 1.12 bits per heavy atom. The molecule has 1 aliphatic carbocycles. The van der Waals surface area contributed by atoms with Gasteiger partial charge in [-0.2, -0.15) is 0 Å². The Labute approximate surface area is 97.1 Å². The van der Waals surface area contributed by atoms with Gasteiger partial charge in [-0.25, -0.2) is 0 Å². The van der Waals surface area contributed by atoms with E-state index >= 15 is 0 Å². The van der Waals surface area contributed by atoms with Gasteiger partial charge in [-0.3, -0.25) is 14.4 Å². The number of ether oxygens (including phenoxy) is 2. The molecule has 0 aromatic carbocycles. The highest BCUT2D eigenvalue weighted by atomic mass is 16.6. The van der Waals surface area contributed by atoms with Gasteiger partial charge in [0.25, 0.3) is 0 Å². The molecule has 17 heavy (non-hydrogen) atoms. The molecule has 0 saturated carbocycles. The number of hydrogen-bond acceptors (Lipinski definition) is 5. The summed E-state index contributed by atoms with van der Waals surface area (Å²) in [6, 6.07) is 0. The molecular formula is C12H10O5. The fraction of sp³-hybridized carbons (Fsp3) is 0.417. The molecule has 0 aromatic heterocycles. The number of ketones is 2. The van der Waals surface area contributed by atoms with Crippen LogP contribution in [0, 0.1) is 0 Å². The zero-order chi connectivity index (χ0) is 12.2. The molecule has 0 N–H and O–H groups in total. The summed E-state index contributed by atoms with van der Waals surface area (Å²) in [5.74, 6) is -0.899. The highest BCUT2D eigenvalue weighted by Crippen LogP contribution is 2.36. The van der Waals surface area contributed by atoms with Crippen LogP contribution in [0.15, 0.2) is 23.3 Å². The smallest absolute Gasteiger partial charge is 0.309 e. The van der Waals surface area contributed by atoms with Gasteiger partial charge in [0.05, 0.1) is 18.1 Å². The Morgan fingerprint density at radius 3 is 2.47 bits per heavy atom. The summed E-state index contributed by atoms with van der Waals surface area (Å²) in [6.45, 7) is 1.71. The second-order valence-electron chi connectivity index (χ2n) is 4.32. The molecule has 3 aliphatic rings. The predicted octanol–water partition coefficient (Wildman–Crippen LogP) is 0.0938. The fourth-order valence-electron chi connectivity index (χ4n) is 2.54. The second-order valence-corrected chi connectivity index (χ2v) is 4.32. The predicted molar refractivity (Wildman–Crippen MR) is 55.0 cm³/mol. The maximum Gasteiger partial charge on any atom is 0.309 e.